The van der Waals surface area contributed by atoms with Gasteiger partial charge < -0.3 is 20.1 Å². The smallest absolute Gasteiger partial charge is 0.223 e. The molecule has 0 spiro atoms. The lowest BCUT2D eigenvalue weighted by Crippen LogP contribution is -2.20. The molecule has 1 rings (SSSR count). The molecule has 0 aromatic heterocycles. The van der Waals surface area contributed by atoms with E-state index in [2.05, 4.69) is 10.6 Å². The van der Waals surface area contributed by atoms with Crippen LogP contribution in [0.3, 0.4) is 0 Å². The normalized spacial score (nSPS) is 10.1. The molecule has 0 unspecified atom stereocenters. The van der Waals surface area contributed by atoms with E-state index in [4.69, 9.17) is 9.47 Å². The number of benzene rings is 1. The van der Waals surface area contributed by atoms with Crippen molar-refractivity contribution < 1.29 is 14.3 Å². The summed E-state index contributed by atoms with van der Waals surface area (Å²) in [6, 6.07) is 5.79. The van der Waals surface area contributed by atoms with E-state index in [1.807, 2.05) is 32.2 Å². The van der Waals surface area contributed by atoms with Crippen LogP contribution in [0.1, 0.15) is 18.9 Å². The number of para-hydroxylation sites is 1. The Morgan fingerprint density at radius 3 is 2.68 bits per heavy atom. The molecule has 0 bridgehead atoms. The highest BCUT2D eigenvalue weighted by atomic mass is 16.5. The van der Waals surface area contributed by atoms with Gasteiger partial charge >= 0.3 is 0 Å². The van der Waals surface area contributed by atoms with Crippen LogP contribution in [-0.2, 0) is 11.3 Å². The molecule has 5 nitrogen and oxygen atoms in total. The van der Waals surface area contributed by atoms with Crippen LogP contribution in [0.5, 0.6) is 11.5 Å². The molecule has 0 radical (unpaired) electrons. The first-order chi connectivity index (χ1) is 9.22. The second-order valence-corrected chi connectivity index (χ2v) is 3.98. The van der Waals surface area contributed by atoms with Gasteiger partial charge in [0, 0.05) is 19.2 Å². The molecule has 106 valence electrons. The number of hydrogen-bond donors (Lipinski definition) is 2. The Morgan fingerprint density at radius 1 is 1.26 bits per heavy atom. The SMILES string of the molecule is CCOc1cccc(CNC)c1OCCC(=O)NC. The van der Waals surface area contributed by atoms with Gasteiger partial charge in [-0.15, -0.1) is 0 Å². The Balaban J connectivity index is 2.78. The zero-order valence-electron chi connectivity index (χ0n) is 11.8. The quantitative estimate of drug-likeness (QED) is 0.745. The lowest BCUT2D eigenvalue weighted by molar-refractivity contribution is -0.121. The number of nitrogens with one attached hydrogen (secondary N) is 2. The van der Waals surface area contributed by atoms with Gasteiger partial charge in [0.1, 0.15) is 0 Å². The molecule has 0 fully saturated rings. The van der Waals surface area contributed by atoms with E-state index in [1.165, 1.54) is 0 Å². The highest BCUT2D eigenvalue weighted by molar-refractivity contribution is 5.75. The Hall–Kier alpha value is -1.75. The third-order valence-electron chi connectivity index (χ3n) is 2.58. The average molecular weight is 266 g/mol. The van der Waals surface area contributed by atoms with Crippen molar-refractivity contribution in [2.75, 3.05) is 27.3 Å². The molecular weight excluding hydrogens is 244 g/mol. The number of amides is 1. The molecule has 0 aliphatic carbocycles. The lowest BCUT2D eigenvalue weighted by atomic mass is 10.2. The van der Waals surface area contributed by atoms with Crippen molar-refractivity contribution in [1.82, 2.24) is 10.6 Å². The summed E-state index contributed by atoms with van der Waals surface area (Å²) >= 11 is 0. The predicted octanol–water partition coefficient (Wildman–Crippen LogP) is 1.32. The molecule has 19 heavy (non-hydrogen) atoms. The fourth-order valence-electron chi connectivity index (χ4n) is 1.69. The van der Waals surface area contributed by atoms with E-state index in [-0.39, 0.29) is 5.91 Å². The third-order valence-corrected chi connectivity index (χ3v) is 2.58. The minimum atomic E-state index is -0.0379. The van der Waals surface area contributed by atoms with Crippen LogP contribution < -0.4 is 20.1 Å². The van der Waals surface area contributed by atoms with Crippen LogP contribution in [0.15, 0.2) is 18.2 Å². The van der Waals surface area contributed by atoms with Crippen molar-refractivity contribution in [2.24, 2.45) is 0 Å². The molecule has 0 aliphatic rings. The summed E-state index contributed by atoms with van der Waals surface area (Å²) in [5.74, 6) is 1.39. The Labute approximate surface area is 114 Å². The van der Waals surface area contributed by atoms with Crippen molar-refractivity contribution in [3.63, 3.8) is 0 Å². The largest absolute Gasteiger partial charge is 0.490 e. The van der Waals surface area contributed by atoms with Crippen LogP contribution in [0.25, 0.3) is 0 Å². The van der Waals surface area contributed by atoms with Crippen molar-refractivity contribution in [1.29, 1.82) is 0 Å². The third kappa shape index (κ3) is 4.79. The van der Waals surface area contributed by atoms with Crippen LogP contribution in [0.4, 0.5) is 0 Å². The van der Waals surface area contributed by atoms with Crippen molar-refractivity contribution in [2.45, 2.75) is 19.9 Å². The van der Waals surface area contributed by atoms with Gasteiger partial charge in [0.25, 0.3) is 0 Å². The van der Waals surface area contributed by atoms with Gasteiger partial charge in [0.05, 0.1) is 19.6 Å². The fourth-order valence-corrected chi connectivity index (χ4v) is 1.69. The van der Waals surface area contributed by atoms with E-state index >= 15 is 0 Å². The number of rotatable bonds is 8. The second-order valence-electron chi connectivity index (χ2n) is 3.98. The zero-order chi connectivity index (χ0) is 14.1. The molecule has 1 amide bonds. The Kier molecular flexibility index (Phi) is 6.74. The molecule has 1 aromatic rings. The van der Waals surface area contributed by atoms with Gasteiger partial charge in [0.2, 0.25) is 5.91 Å². The summed E-state index contributed by atoms with van der Waals surface area (Å²) in [6.07, 6.45) is 0.329. The molecular formula is C14H22N2O3. The van der Waals surface area contributed by atoms with E-state index in [1.54, 1.807) is 7.05 Å². The minimum absolute atomic E-state index is 0.0379. The van der Waals surface area contributed by atoms with Crippen LogP contribution in [0.2, 0.25) is 0 Å². The number of hydrogen-bond acceptors (Lipinski definition) is 4. The van der Waals surface area contributed by atoms with Gasteiger partial charge in [-0.2, -0.15) is 0 Å². The van der Waals surface area contributed by atoms with Crippen LogP contribution in [0, 0.1) is 0 Å². The van der Waals surface area contributed by atoms with E-state index in [9.17, 15) is 4.79 Å². The van der Waals surface area contributed by atoms with Gasteiger partial charge in [-0.25, -0.2) is 0 Å². The maximum atomic E-state index is 11.2. The van der Waals surface area contributed by atoms with Crippen molar-refractivity contribution in [3.05, 3.63) is 23.8 Å². The summed E-state index contributed by atoms with van der Waals surface area (Å²) in [5.41, 5.74) is 1.02. The van der Waals surface area contributed by atoms with Gasteiger partial charge in [-0.05, 0) is 20.0 Å². The van der Waals surface area contributed by atoms with E-state index in [0.29, 0.717) is 37.7 Å². The molecule has 5 heteroatoms. The molecule has 1 aromatic carbocycles. The standard InChI is InChI=1S/C14H22N2O3/c1-4-18-12-7-5-6-11(10-15-2)14(12)19-9-8-13(17)16-3/h5-7,15H,4,8-10H2,1-3H3,(H,16,17). The first-order valence-corrected chi connectivity index (χ1v) is 6.45. The number of carbonyl (C=O) groups is 1. The minimum Gasteiger partial charge on any atom is -0.490 e. The van der Waals surface area contributed by atoms with Gasteiger partial charge in [-0.3, -0.25) is 4.79 Å². The predicted molar refractivity (Wildman–Crippen MR) is 74.6 cm³/mol. The summed E-state index contributed by atoms with van der Waals surface area (Å²) in [7, 11) is 3.49. The first kappa shape index (κ1) is 15.3. The highest BCUT2D eigenvalue weighted by Gasteiger charge is 2.11. The van der Waals surface area contributed by atoms with Gasteiger partial charge in [-0.1, -0.05) is 12.1 Å². The zero-order valence-corrected chi connectivity index (χ0v) is 11.8. The summed E-state index contributed by atoms with van der Waals surface area (Å²) < 4.78 is 11.3. The first-order valence-electron chi connectivity index (χ1n) is 6.45. The van der Waals surface area contributed by atoms with Gasteiger partial charge in [0.15, 0.2) is 11.5 Å². The Bertz CT molecular complexity index is 383. The summed E-state index contributed by atoms with van der Waals surface area (Å²) in [6.45, 7) is 3.53. The maximum Gasteiger partial charge on any atom is 0.223 e. The topological polar surface area (TPSA) is 59.6 Å². The highest BCUT2D eigenvalue weighted by Crippen LogP contribution is 2.31. The molecule has 0 aliphatic heterocycles. The number of ether oxygens (including phenoxy) is 2. The monoisotopic (exact) mass is 266 g/mol. The van der Waals surface area contributed by atoms with E-state index in [0.717, 1.165) is 5.56 Å². The fraction of sp³-hybridized carbons (Fsp3) is 0.500. The molecule has 0 atom stereocenters. The second kappa shape index (κ2) is 8.37. The number of carbonyl (C=O) groups excluding carboxylic acids is 1. The van der Waals surface area contributed by atoms with Crippen LogP contribution >= 0.6 is 0 Å². The van der Waals surface area contributed by atoms with E-state index < -0.39 is 0 Å². The average Bonchev–Trinajstić information content (AvgIpc) is 2.42. The maximum absolute atomic E-state index is 11.2. The molecule has 2 N–H and O–H groups in total. The lowest BCUT2D eigenvalue weighted by Gasteiger charge is -2.15. The van der Waals surface area contributed by atoms with Crippen LogP contribution in [-0.4, -0.2) is 33.2 Å². The van der Waals surface area contributed by atoms with Crippen molar-refractivity contribution in [3.8, 4) is 11.5 Å². The van der Waals surface area contributed by atoms with Crippen molar-refractivity contribution >= 4 is 5.91 Å². The summed E-state index contributed by atoms with van der Waals surface area (Å²) in [5, 5.41) is 5.66. The Morgan fingerprint density at radius 2 is 2.05 bits per heavy atom. The molecule has 0 saturated heterocycles. The molecule has 0 saturated carbocycles. The molecule has 0 heterocycles. The summed E-state index contributed by atoms with van der Waals surface area (Å²) in [4.78, 5) is 11.2.